The summed E-state index contributed by atoms with van der Waals surface area (Å²) in [6.45, 7) is 5.85. The quantitative estimate of drug-likeness (QED) is 0.595. The summed E-state index contributed by atoms with van der Waals surface area (Å²) in [6.07, 6.45) is 0. The van der Waals surface area contributed by atoms with E-state index in [4.69, 9.17) is 9.47 Å². The van der Waals surface area contributed by atoms with Crippen LogP contribution in [0.1, 0.15) is 13.8 Å². The highest BCUT2D eigenvalue weighted by molar-refractivity contribution is 9.09. The fraction of sp³-hybridized carbons (Fsp3) is 0.571. The maximum atomic E-state index is 5.60. The zero-order chi connectivity index (χ0) is 13.0. The van der Waals surface area contributed by atoms with Crippen molar-refractivity contribution in [1.82, 2.24) is 0 Å². The molecule has 0 spiro atoms. The molecule has 0 aromatic heterocycles. The predicted octanol–water partition coefficient (Wildman–Crippen LogP) is 4.22. The first-order valence-corrected chi connectivity index (χ1v) is 8.40. The Balaban J connectivity index is 1.97. The zero-order valence-corrected chi connectivity index (χ0v) is 13.2. The number of hydrogen-bond donors (Lipinski definition) is 0. The largest absolute Gasteiger partial charge is 0.486 e. The van der Waals surface area contributed by atoms with Gasteiger partial charge in [0.2, 0.25) is 0 Å². The molecule has 1 atom stereocenters. The summed E-state index contributed by atoms with van der Waals surface area (Å²) in [5, 5.41) is 1.06. The Labute approximate surface area is 122 Å². The summed E-state index contributed by atoms with van der Waals surface area (Å²) < 4.78 is 11.1. The summed E-state index contributed by atoms with van der Waals surface area (Å²) in [7, 11) is 0. The Bertz CT molecular complexity index is 395. The van der Waals surface area contributed by atoms with Gasteiger partial charge < -0.3 is 9.47 Å². The van der Waals surface area contributed by atoms with Gasteiger partial charge in [-0.1, -0.05) is 29.8 Å². The van der Waals surface area contributed by atoms with Crippen molar-refractivity contribution in [1.29, 1.82) is 0 Å². The minimum atomic E-state index is 0.650. The molecule has 0 saturated carbocycles. The lowest BCUT2D eigenvalue weighted by Crippen LogP contribution is -2.15. The highest BCUT2D eigenvalue weighted by atomic mass is 79.9. The van der Waals surface area contributed by atoms with Crippen LogP contribution in [0.5, 0.6) is 11.5 Å². The third-order valence-corrected chi connectivity index (χ3v) is 5.13. The van der Waals surface area contributed by atoms with Crippen molar-refractivity contribution in [3.8, 4) is 11.5 Å². The second kappa shape index (κ2) is 6.71. The van der Waals surface area contributed by atoms with Crippen LogP contribution in [0.2, 0.25) is 0 Å². The van der Waals surface area contributed by atoms with Crippen LogP contribution >= 0.6 is 27.7 Å². The number of ether oxygens (including phenoxy) is 2. The van der Waals surface area contributed by atoms with Crippen LogP contribution < -0.4 is 9.47 Å². The van der Waals surface area contributed by atoms with E-state index in [1.165, 1.54) is 4.90 Å². The van der Waals surface area contributed by atoms with Crippen LogP contribution in [0.15, 0.2) is 23.1 Å². The van der Waals surface area contributed by atoms with Gasteiger partial charge in [0.25, 0.3) is 0 Å². The van der Waals surface area contributed by atoms with E-state index in [2.05, 4.69) is 41.9 Å². The molecular formula is C14H19BrO2S. The molecule has 0 bridgehead atoms. The van der Waals surface area contributed by atoms with Crippen molar-refractivity contribution in [3.63, 3.8) is 0 Å². The molecular weight excluding hydrogens is 312 g/mol. The highest BCUT2D eigenvalue weighted by Crippen LogP contribution is 2.35. The van der Waals surface area contributed by atoms with Gasteiger partial charge >= 0.3 is 0 Å². The Kier molecular flexibility index (Phi) is 5.25. The number of benzene rings is 1. The first-order valence-electron chi connectivity index (χ1n) is 6.29. The van der Waals surface area contributed by atoms with E-state index < -0.39 is 0 Å². The van der Waals surface area contributed by atoms with Crippen LogP contribution in [0.4, 0.5) is 0 Å². The molecule has 0 fully saturated rings. The third kappa shape index (κ3) is 3.58. The van der Waals surface area contributed by atoms with E-state index in [1.54, 1.807) is 0 Å². The molecule has 2 rings (SSSR count). The van der Waals surface area contributed by atoms with Crippen molar-refractivity contribution in [2.75, 3.05) is 24.3 Å². The molecule has 1 aliphatic rings. The molecule has 0 radical (unpaired) electrons. The fourth-order valence-electron chi connectivity index (χ4n) is 1.73. The molecule has 1 aromatic rings. The molecule has 1 unspecified atom stereocenters. The van der Waals surface area contributed by atoms with E-state index in [0.29, 0.717) is 25.0 Å². The SMILES string of the molecule is CC(C)C(CBr)CSc1ccc2c(c1)OCCO2. The Morgan fingerprint density at radius 1 is 1.22 bits per heavy atom. The monoisotopic (exact) mass is 330 g/mol. The van der Waals surface area contributed by atoms with E-state index >= 15 is 0 Å². The zero-order valence-electron chi connectivity index (χ0n) is 10.8. The summed E-state index contributed by atoms with van der Waals surface area (Å²) >= 11 is 5.48. The summed E-state index contributed by atoms with van der Waals surface area (Å²) in [6, 6.07) is 6.21. The number of fused-ring (bicyclic) bond motifs is 1. The van der Waals surface area contributed by atoms with Gasteiger partial charge in [0.05, 0.1) is 0 Å². The molecule has 100 valence electrons. The summed E-state index contributed by atoms with van der Waals surface area (Å²) in [5.74, 6) is 4.28. The third-order valence-electron chi connectivity index (χ3n) is 3.12. The molecule has 4 heteroatoms. The molecule has 18 heavy (non-hydrogen) atoms. The predicted molar refractivity (Wildman–Crippen MR) is 80.3 cm³/mol. The van der Waals surface area contributed by atoms with Gasteiger partial charge in [-0.25, -0.2) is 0 Å². The first kappa shape index (κ1) is 14.1. The number of alkyl halides is 1. The highest BCUT2D eigenvalue weighted by Gasteiger charge is 2.15. The lowest BCUT2D eigenvalue weighted by atomic mass is 10.0. The molecule has 0 amide bonds. The average Bonchev–Trinajstić information content (AvgIpc) is 2.39. The molecule has 0 saturated heterocycles. The number of hydrogen-bond acceptors (Lipinski definition) is 3. The van der Waals surface area contributed by atoms with Crippen LogP contribution in [0, 0.1) is 11.8 Å². The normalized spacial score (nSPS) is 15.8. The summed E-state index contributed by atoms with van der Waals surface area (Å²) in [4.78, 5) is 1.26. The molecule has 1 heterocycles. The lowest BCUT2D eigenvalue weighted by molar-refractivity contribution is 0.171. The minimum absolute atomic E-state index is 0.650. The van der Waals surface area contributed by atoms with Gasteiger partial charge in [0, 0.05) is 16.0 Å². The second-order valence-electron chi connectivity index (χ2n) is 4.77. The first-order chi connectivity index (χ1) is 8.70. The minimum Gasteiger partial charge on any atom is -0.486 e. The van der Waals surface area contributed by atoms with Gasteiger partial charge in [0.1, 0.15) is 13.2 Å². The molecule has 0 N–H and O–H groups in total. The maximum Gasteiger partial charge on any atom is 0.162 e. The number of rotatable bonds is 5. The standard InChI is InChI=1S/C14H19BrO2S/c1-10(2)11(8-15)9-18-12-3-4-13-14(7-12)17-6-5-16-13/h3-4,7,10-11H,5-6,8-9H2,1-2H3. The second-order valence-corrected chi connectivity index (χ2v) is 6.52. The maximum absolute atomic E-state index is 5.60. The van der Waals surface area contributed by atoms with Crippen LogP contribution in [-0.4, -0.2) is 24.3 Å². The number of thioether (sulfide) groups is 1. The van der Waals surface area contributed by atoms with Crippen LogP contribution in [0.25, 0.3) is 0 Å². The van der Waals surface area contributed by atoms with Gasteiger partial charge in [0.15, 0.2) is 11.5 Å². The van der Waals surface area contributed by atoms with Crippen LogP contribution in [0.3, 0.4) is 0 Å². The van der Waals surface area contributed by atoms with Gasteiger partial charge in [-0.2, -0.15) is 0 Å². The van der Waals surface area contributed by atoms with Crippen LogP contribution in [-0.2, 0) is 0 Å². The van der Waals surface area contributed by atoms with Gasteiger partial charge in [-0.15, -0.1) is 11.8 Å². The Morgan fingerprint density at radius 3 is 2.61 bits per heavy atom. The fourth-order valence-corrected chi connectivity index (χ4v) is 4.28. The van der Waals surface area contributed by atoms with E-state index in [9.17, 15) is 0 Å². The van der Waals surface area contributed by atoms with E-state index in [1.807, 2.05) is 17.8 Å². The molecule has 0 aliphatic carbocycles. The van der Waals surface area contributed by atoms with E-state index in [0.717, 1.165) is 22.6 Å². The summed E-state index contributed by atoms with van der Waals surface area (Å²) in [5.41, 5.74) is 0. The van der Waals surface area contributed by atoms with Gasteiger partial charge in [-0.3, -0.25) is 0 Å². The van der Waals surface area contributed by atoms with E-state index in [-0.39, 0.29) is 0 Å². The van der Waals surface area contributed by atoms with Crippen molar-refractivity contribution >= 4 is 27.7 Å². The topological polar surface area (TPSA) is 18.5 Å². The van der Waals surface area contributed by atoms with Crippen molar-refractivity contribution in [2.45, 2.75) is 18.7 Å². The lowest BCUT2D eigenvalue weighted by Gasteiger charge is -2.20. The Morgan fingerprint density at radius 2 is 1.94 bits per heavy atom. The van der Waals surface area contributed by atoms with Crippen molar-refractivity contribution in [3.05, 3.63) is 18.2 Å². The van der Waals surface area contributed by atoms with Crippen molar-refractivity contribution < 1.29 is 9.47 Å². The van der Waals surface area contributed by atoms with Crippen molar-refractivity contribution in [2.24, 2.45) is 11.8 Å². The molecule has 1 aliphatic heterocycles. The average molecular weight is 331 g/mol. The molecule has 1 aromatic carbocycles. The smallest absolute Gasteiger partial charge is 0.162 e. The van der Waals surface area contributed by atoms with Gasteiger partial charge in [-0.05, 0) is 30.0 Å². The Hall–Kier alpha value is -0.350. The molecule has 2 nitrogen and oxygen atoms in total. The number of halogens is 1.